The van der Waals surface area contributed by atoms with Gasteiger partial charge in [-0.05, 0) is 38.0 Å². The summed E-state index contributed by atoms with van der Waals surface area (Å²) in [5.74, 6) is -1.05. The Labute approximate surface area is 110 Å². The maximum atomic E-state index is 13.0. The standard InChI is InChI=1S/C13H17F2NOS/c1-13(7-17,16-9-2-3-9)8-18-10-4-5-11(14)12(15)6-10/h4-6,9,16-17H,2-3,7-8H2,1H3. The molecule has 100 valence electrons. The first-order valence-corrected chi connectivity index (χ1v) is 6.97. The molecule has 1 saturated carbocycles. The van der Waals surface area contributed by atoms with Crippen LogP contribution in [0.2, 0.25) is 0 Å². The normalized spacial score (nSPS) is 18.7. The van der Waals surface area contributed by atoms with Crippen LogP contribution in [0.3, 0.4) is 0 Å². The number of thioether (sulfide) groups is 1. The Morgan fingerprint density at radius 1 is 1.39 bits per heavy atom. The summed E-state index contributed by atoms with van der Waals surface area (Å²) in [4.78, 5) is 0.672. The molecule has 0 bridgehead atoms. The summed E-state index contributed by atoms with van der Waals surface area (Å²) in [6.07, 6.45) is 2.29. The van der Waals surface area contributed by atoms with Gasteiger partial charge in [0.25, 0.3) is 0 Å². The second kappa shape index (κ2) is 5.55. The molecule has 1 aliphatic carbocycles. The molecule has 2 rings (SSSR count). The molecule has 0 aromatic heterocycles. The molecule has 0 spiro atoms. The van der Waals surface area contributed by atoms with Crippen molar-refractivity contribution in [3.8, 4) is 0 Å². The van der Waals surface area contributed by atoms with Crippen LogP contribution >= 0.6 is 11.8 Å². The number of hydrogen-bond acceptors (Lipinski definition) is 3. The third-order valence-corrected chi connectivity index (χ3v) is 4.30. The Balaban J connectivity index is 1.93. The van der Waals surface area contributed by atoms with E-state index in [9.17, 15) is 13.9 Å². The van der Waals surface area contributed by atoms with Crippen LogP contribution in [0, 0.1) is 11.6 Å². The lowest BCUT2D eigenvalue weighted by molar-refractivity contribution is 0.190. The van der Waals surface area contributed by atoms with E-state index < -0.39 is 11.6 Å². The molecule has 1 atom stereocenters. The highest BCUT2D eigenvalue weighted by molar-refractivity contribution is 7.99. The van der Waals surface area contributed by atoms with Crippen molar-refractivity contribution >= 4 is 11.8 Å². The molecule has 1 aromatic carbocycles. The van der Waals surface area contributed by atoms with E-state index in [0.717, 1.165) is 18.9 Å². The van der Waals surface area contributed by atoms with Crippen molar-refractivity contribution in [2.75, 3.05) is 12.4 Å². The predicted octanol–water partition coefficient (Wildman–Crippen LogP) is 2.56. The number of aliphatic hydroxyl groups is 1. The van der Waals surface area contributed by atoms with Crippen molar-refractivity contribution in [1.82, 2.24) is 5.32 Å². The molecule has 1 fully saturated rings. The Morgan fingerprint density at radius 2 is 2.11 bits per heavy atom. The van der Waals surface area contributed by atoms with Crippen LogP contribution in [-0.2, 0) is 0 Å². The number of benzene rings is 1. The van der Waals surface area contributed by atoms with E-state index in [1.165, 1.54) is 17.8 Å². The first-order valence-electron chi connectivity index (χ1n) is 5.99. The van der Waals surface area contributed by atoms with Gasteiger partial charge in [0.05, 0.1) is 6.61 Å². The zero-order chi connectivity index (χ0) is 13.2. The molecule has 0 aliphatic heterocycles. The van der Waals surface area contributed by atoms with Crippen molar-refractivity contribution in [3.63, 3.8) is 0 Å². The minimum absolute atomic E-state index is 0.0280. The second-order valence-electron chi connectivity index (χ2n) is 5.00. The van der Waals surface area contributed by atoms with Crippen LogP contribution in [0.5, 0.6) is 0 Å². The fourth-order valence-corrected chi connectivity index (χ4v) is 2.67. The van der Waals surface area contributed by atoms with E-state index in [4.69, 9.17) is 0 Å². The van der Waals surface area contributed by atoms with Gasteiger partial charge in [0.1, 0.15) is 0 Å². The number of rotatable bonds is 6. The maximum absolute atomic E-state index is 13.0. The van der Waals surface area contributed by atoms with Gasteiger partial charge in [0.15, 0.2) is 11.6 Å². The van der Waals surface area contributed by atoms with E-state index in [1.54, 1.807) is 6.07 Å². The highest BCUT2D eigenvalue weighted by Crippen LogP contribution is 2.27. The van der Waals surface area contributed by atoms with Gasteiger partial charge in [0.2, 0.25) is 0 Å². The van der Waals surface area contributed by atoms with Gasteiger partial charge in [-0.1, -0.05) is 0 Å². The lowest BCUT2D eigenvalue weighted by Gasteiger charge is -2.28. The average Bonchev–Trinajstić information content (AvgIpc) is 3.15. The molecule has 1 aromatic rings. The monoisotopic (exact) mass is 273 g/mol. The number of halogens is 2. The summed E-state index contributed by atoms with van der Waals surface area (Å²) >= 11 is 1.42. The van der Waals surface area contributed by atoms with Crippen LogP contribution in [0.1, 0.15) is 19.8 Å². The molecule has 0 heterocycles. The fraction of sp³-hybridized carbons (Fsp3) is 0.538. The maximum Gasteiger partial charge on any atom is 0.159 e. The van der Waals surface area contributed by atoms with Crippen molar-refractivity contribution in [1.29, 1.82) is 0 Å². The average molecular weight is 273 g/mol. The van der Waals surface area contributed by atoms with Gasteiger partial charge in [-0.2, -0.15) is 0 Å². The van der Waals surface area contributed by atoms with Crippen molar-refractivity contribution in [2.45, 2.75) is 36.2 Å². The van der Waals surface area contributed by atoms with Crippen molar-refractivity contribution < 1.29 is 13.9 Å². The third kappa shape index (κ3) is 3.67. The predicted molar refractivity (Wildman–Crippen MR) is 68.7 cm³/mol. The first-order chi connectivity index (χ1) is 8.52. The Kier molecular flexibility index (Phi) is 4.25. The van der Waals surface area contributed by atoms with Gasteiger partial charge < -0.3 is 10.4 Å². The quantitative estimate of drug-likeness (QED) is 0.781. The molecule has 2 nitrogen and oxygen atoms in total. The zero-order valence-corrected chi connectivity index (χ0v) is 11.1. The van der Waals surface area contributed by atoms with Crippen LogP contribution in [0.25, 0.3) is 0 Å². The van der Waals surface area contributed by atoms with Gasteiger partial charge in [-0.3, -0.25) is 0 Å². The van der Waals surface area contributed by atoms with Crippen LogP contribution < -0.4 is 5.32 Å². The van der Waals surface area contributed by atoms with Gasteiger partial charge >= 0.3 is 0 Å². The van der Waals surface area contributed by atoms with E-state index in [2.05, 4.69) is 5.32 Å². The van der Waals surface area contributed by atoms with Crippen LogP contribution in [0.4, 0.5) is 8.78 Å². The lowest BCUT2D eigenvalue weighted by Crippen LogP contribution is -2.49. The Hall–Kier alpha value is -0.650. The zero-order valence-electron chi connectivity index (χ0n) is 10.2. The SMILES string of the molecule is CC(CO)(CSc1ccc(F)c(F)c1)NC1CC1. The third-order valence-electron chi connectivity index (χ3n) is 2.93. The van der Waals surface area contributed by atoms with E-state index in [-0.39, 0.29) is 12.1 Å². The molecule has 1 aliphatic rings. The van der Waals surface area contributed by atoms with Gasteiger partial charge in [-0.25, -0.2) is 8.78 Å². The fourth-order valence-electron chi connectivity index (χ4n) is 1.66. The van der Waals surface area contributed by atoms with Crippen LogP contribution in [-0.4, -0.2) is 29.0 Å². The summed E-state index contributed by atoms with van der Waals surface area (Å²) in [7, 11) is 0. The first kappa shape index (κ1) is 13.8. The van der Waals surface area contributed by atoms with Gasteiger partial charge in [0, 0.05) is 22.2 Å². The molecule has 0 amide bonds. The summed E-state index contributed by atoms with van der Waals surface area (Å²) in [5.41, 5.74) is -0.378. The van der Waals surface area contributed by atoms with Crippen LogP contribution in [0.15, 0.2) is 23.1 Å². The van der Waals surface area contributed by atoms with Gasteiger partial charge in [-0.15, -0.1) is 11.8 Å². The largest absolute Gasteiger partial charge is 0.394 e. The summed E-state index contributed by atoms with van der Waals surface area (Å²) in [6.45, 7) is 1.97. The number of aliphatic hydroxyl groups excluding tert-OH is 1. The van der Waals surface area contributed by atoms with Crippen molar-refractivity contribution in [3.05, 3.63) is 29.8 Å². The topological polar surface area (TPSA) is 32.3 Å². The minimum atomic E-state index is -0.833. The second-order valence-corrected chi connectivity index (χ2v) is 6.05. The molecule has 1 unspecified atom stereocenters. The summed E-state index contributed by atoms with van der Waals surface area (Å²) < 4.78 is 25.8. The van der Waals surface area contributed by atoms with Crippen molar-refractivity contribution in [2.24, 2.45) is 0 Å². The highest BCUT2D eigenvalue weighted by Gasteiger charge is 2.32. The number of nitrogens with one attached hydrogen (secondary N) is 1. The van der Waals surface area contributed by atoms with E-state index >= 15 is 0 Å². The summed E-state index contributed by atoms with van der Waals surface area (Å²) in [5, 5.41) is 12.8. The van der Waals surface area contributed by atoms with E-state index in [1.807, 2.05) is 6.92 Å². The molecular weight excluding hydrogens is 256 g/mol. The summed E-state index contributed by atoms with van der Waals surface area (Å²) in [6, 6.07) is 4.36. The number of hydrogen-bond donors (Lipinski definition) is 2. The molecule has 0 radical (unpaired) electrons. The molecule has 2 N–H and O–H groups in total. The van der Waals surface area contributed by atoms with E-state index in [0.29, 0.717) is 16.7 Å². The lowest BCUT2D eigenvalue weighted by atomic mass is 10.1. The Bertz CT molecular complexity index is 425. The molecular formula is C13H17F2NOS. The smallest absolute Gasteiger partial charge is 0.159 e. The molecule has 5 heteroatoms. The molecule has 0 saturated heterocycles. The minimum Gasteiger partial charge on any atom is -0.394 e. The molecule has 18 heavy (non-hydrogen) atoms. The highest BCUT2D eigenvalue weighted by atomic mass is 32.2. The Morgan fingerprint density at radius 3 is 2.67 bits per heavy atom.